The van der Waals surface area contributed by atoms with Crippen LogP contribution in [0.2, 0.25) is 0 Å². The highest BCUT2D eigenvalue weighted by Gasteiger charge is 2.24. The number of carbonyl (C=O) groups is 2. The van der Waals surface area contributed by atoms with Gasteiger partial charge in [0.25, 0.3) is 0 Å². The number of fused-ring (bicyclic) bond motifs is 1. The van der Waals surface area contributed by atoms with Gasteiger partial charge in [-0.15, -0.1) is 0 Å². The third-order valence-electron chi connectivity index (χ3n) is 4.16. The van der Waals surface area contributed by atoms with Crippen molar-refractivity contribution < 1.29 is 14.3 Å². The molecule has 2 aromatic carbocycles. The largest absolute Gasteiger partial charge is 0.488 e. The molecule has 0 spiro atoms. The first-order valence-electron chi connectivity index (χ1n) is 8.33. The molecule has 1 N–H and O–H groups in total. The summed E-state index contributed by atoms with van der Waals surface area (Å²) in [5.41, 5.74) is 3.99. The van der Waals surface area contributed by atoms with Crippen molar-refractivity contribution >= 4 is 23.5 Å². The van der Waals surface area contributed by atoms with Crippen LogP contribution in [-0.4, -0.2) is 18.3 Å². The summed E-state index contributed by atoms with van der Waals surface area (Å²) < 4.78 is 5.74. The van der Waals surface area contributed by atoms with E-state index in [0.717, 1.165) is 16.8 Å². The number of ketones is 1. The van der Waals surface area contributed by atoms with Gasteiger partial charge >= 0.3 is 0 Å². The van der Waals surface area contributed by atoms with Gasteiger partial charge in [-0.1, -0.05) is 32.0 Å². The lowest BCUT2D eigenvalue weighted by Crippen LogP contribution is -2.19. The zero-order valence-corrected chi connectivity index (χ0v) is 14.6. The molecule has 1 aliphatic rings. The average molecular weight is 335 g/mol. The van der Waals surface area contributed by atoms with E-state index < -0.39 is 0 Å². The van der Waals surface area contributed by atoms with Gasteiger partial charge in [0.2, 0.25) is 5.91 Å². The molecule has 0 fully saturated rings. The molecular weight excluding hydrogens is 314 g/mol. The van der Waals surface area contributed by atoms with Gasteiger partial charge < -0.3 is 10.1 Å². The number of rotatable bonds is 3. The van der Waals surface area contributed by atoms with Crippen molar-refractivity contribution in [2.45, 2.75) is 26.7 Å². The van der Waals surface area contributed by atoms with Crippen molar-refractivity contribution in [3.63, 3.8) is 0 Å². The van der Waals surface area contributed by atoms with Crippen LogP contribution in [0, 0.1) is 0 Å². The van der Waals surface area contributed by atoms with Crippen LogP contribution in [0.15, 0.2) is 48.0 Å². The van der Waals surface area contributed by atoms with E-state index in [1.165, 1.54) is 6.92 Å². The lowest BCUT2D eigenvalue weighted by Gasteiger charge is -2.20. The van der Waals surface area contributed by atoms with Crippen LogP contribution in [0.25, 0.3) is 6.08 Å². The summed E-state index contributed by atoms with van der Waals surface area (Å²) in [6.45, 7) is 5.93. The van der Waals surface area contributed by atoms with Crippen LogP contribution in [-0.2, 0) is 4.79 Å². The zero-order chi connectivity index (χ0) is 18.0. The molecule has 0 atom stereocenters. The van der Waals surface area contributed by atoms with Gasteiger partial charge in [0.05, 0.1) is 5.56 Å². The summed E-state index contributed by atoms with van der Waals surface area (Å²) in [6, 6.07) is 13.2. The van der Waals surface area contributed by atoms with Crippen molar-refractivity contribution in [1.29, 1.82) is 0 Å². The summed E-state index contributed by atoms with van der Waals surface area (Å²) in [4.78, 5) is 23.9. The first-order chi connectivity index (χ1) is 11.9. The minimum Gasteiger partial charge on any atom is -0.488 e. The second-order valence-corrected chi connectivity index (χ2v) is 6.50. The van der Waals surface area contributed by atoms with Gasteiger partial charge in [-0.05, 0) is 47.4 Å². The Morgan fingerprint density at radius 3 is 2.52 bits per heavy atom. The number of hydrogen-bond donors (Lipinski definition) is 1. The highest BCUT2D eigenvalue weighted by atomic mass is 16.5. The molecule has 0 aromatic heterocycles. The van der Waals surface area contributed by atoms with Crippen molar-refractivity contribution in [3.8, 4) is 5.75 Å². The van der Waals surface area contributed by atoms with Gasteiger partial charge in [0.15, 0.2) is 5.78 Å². The summed E-state index contributed by atoms with van der Waals surface area (Å²) in [6.07, 6.45) is 1.84. The second-order valence-electron chi connectivity index (χ2n) is 6.50. The molecule has 1 amide bonds. The van der Waals surface area contributed by atoms with Crippen molar-refractivity contribution in [1.82, 2.24) is 0 Å². The maximum atomic E-state index is 12.8. The lowest BCUT2D eigenvalue weighted by molar-refractivity contribution is -0.114. The molecule has 0 unspecified atom stereocenters. The van der Waals surface area contributed by atoms with E-state index in [1.54, 1.807) is 0 Å². The number of hydrogen-bond acceptors (Lipinski definition) is 3. The van der Waals surface area contributed by atoms with Crippen molar-refractivity contribution in [2.75, 3.05) is 11.9 Å². The van der Waals surface area contributed by atoms with E-state index >= 15 is 0 Å². The van der Waals surface area contributed by atoms with E-state index in [2.05, 4.69) is 19.2 Å². The Balaban J connectivity index is 1.86. The van der Waals surface area contributed by atoms with Crippen molar-refractivity contribution in [3.05, 3.63) is 64.7 Å². The molecule has 4 nitrogen and oxygen atoms in total. The Kier molecular flexibility index (Phi) is 4.70. The van der Waals surface area contributed by atoms with E-state index in [9.17, 15) is 9.59 Å². The lowest BCUT2D eigenvalue weighted by atomic mass is 9.93. The fourth-order valence-corrected chi connectivity index (χ4v) is 2.78. The van der Waals surface area contributed by atoms with E-state index in [4.69, 9.17) is 4.74 Å². The molecule has 0 radical (unpaired) electrons. The van der Waals surface area contributed by atoms with Crippen molar-refractivity contribution in [2.24, 2.45) is 0 Å². The van der Waals surface area contributed by atoms with E-state index in [0.29, 0.717) is 22.8 Å². The van der Waals surface area contributed by atoms with E-state index in [1.807, 2.05) is 48.5 Å². The Morgan fingerprint density at radius 1 is 1.16 bits per heavy atom. The molecule has 128 valence electrons. The maximum Gasteiger partial charge on any atom is 0.221 e. The first kappa shape index (κ1) is 17.0. The van der Waals surface area contributed by atoms with Gasteiger partial charge in [-0.2, -0.15) is 0 Å². The molecule has 2 aromatic rings. The fourth-order valence-electron chi connectivity index (χ4n) is 2.78. The number of nitrogens with one attached hydrogen (secondary N) is 1. The SMILES string of the molecule is CC(=O)Nc1ccc(/C=C2/COc3ccc(C(C)C)cc3C2=O)cc1. The maximum absolute atomic E-state index is 12.8. The molecule has 0 saturated heterocycles. The molecule has 0 saturated carbocycles. The minimum atomic E-state index is -0.112. The molecule has 4 heteroatoms. The smallest absolute Gasteiger partial charge is 0.221 e. The average Bonchev–Trinajstić information content (AvgIpc) is 2.58. The number of Topliss-reactive ketones (excluding diaryl/α,β-unsaturated/α-hetero) is 1. The topological polar surface area (TPSA) is 55.4 Å². The number of carbonyl (C=O) groups excluding carboxylic acids is 2. The fraction of sp³-hybridized carbons (Fsp3) is 0.238. The normalized spacial score (nSPS) is 15.0. The molecule has 1 heterocycles. The van der Waals surface area contributed by atoms with Gasteiger partial charge in [0, 0.05) is 18.2 Å². The molecule has 0 bridgehead atoms. The zero-order valence-electron chi connectivity index (χ0n) is 14.6. The highest BCUT2D eigenvalue weighted by Crippen LogP contribution is 2.31. The Hall–Kier alpha value is -2.88. The third kappa shape index (κ3) is 3.79. The quantitative estimate of drug-likeness (QED) is 0.844. The second kappa shape index (κ2) is 6.93. The molecule has 3 rings (SSSR count). The molecule has 0 aliphatic carbocycles. The van der Waals surface area contributed by atoms with Crippen LogP contribution in [0.3, 0.4) is 0 Å². The number of ether oxygens (including phenoxy) is 1. The third-order valence-corrected chi connectivity index (χ3v) is 4.16. The highest BCUT2D eigenvalue weighted by molar-refractivity contribution is 6.14. The minimum absolute atomic E-state index is 0.00897. The van der Waals surface area contributed by atoms with E-state index in [-0.39, 0.29) is 18.3 Å². The number of benzene rings is 2. The predicted octanol–water partition coefficient (Wildman–Crippen LogP) is 4.43. The van der Waals surface area contributed by atoms with Crippen LogP contribution >= 0.6 is 0 Å². The number of anilines is 1. The standard InChI is InChI=1S/C21H21NO3/c1-13(2)16-6-9-20-19(11-16)21(24)17(12-25-20)10-15-4-7-18(8-5-15)22-14(3)23/h4-11,13H,12H2,1-3H3,(H,22,23)/b17-10-. The van der Waals surface area contributed by atoms with Gasteiger partial charge in [-0.3, -0.25) is 9.59 Å². The van der Waals surface area contributed by atoms with Gasteiger partial charge in [0.1, 0.15) is 12.4 Å². The summed E-state index contributed by atoms with van der Waals surface area (Å²) in [7, 11) is 0. The summed E-state index contributed by atoms with van der Waals surface area (Å²) in [5.74, 6) is 0.899. The molecular formula is C21H21NO3. The van der Waals surface area contributed by atoms with Crippen LogP contribution in [0.5, 0.6) is 5.75 Å². The summed E-state index contributed by atoms with van der Waals surface area (Å²) >= 11 is 0. The summed E-state index contributed by atoms with van der Waals surface area (Å²) in [5, 5.41) is 2.72. The van der Waals surface area contributed by atoms with Gasteiger partial charge in [-0.25, -0.2) is 0 Å². The van der Waals surface area contributed by atoms with Crippen LogP contribution in [0.4, 0.5) is 5.69 Å². The first-order valence-corrected chi connectivity index (χ1v) is 8.33. The monoisotopic (exact) mass is 335 g/mol. The molecule has 1 aliphatic heterocycles. The molecule has 25 heavy (non-hydrogen) atoms. The Bertz CT molecular complexity index is 848. The van der Waals surface area contributed by atoms with Crippen LogP contribution in [0.1, 0.15) is 48.2 Å². The Labute approximate surface area is 147 Å². The predicted molar refractivity (Wildman–Crippen MR) is 99.1 cm³/mol. The Morgan fingerprint density at radius 2 is 1.88 bits per heavy atom. The van der Waals surface area contributed by atoms with Crippen LogP contribution < -0.4 is 10.1 Å². The number of amides is 1.